The first kappa shape index (κ1) is 6.51. The zero-order chi connectivity index (χ0) is 5.54. The Kier molecular flexibility index (Phi) is 5.13. The van der Waals surface area contributed by atoms with Crippen LogP contribution in [-0.2, 0) is 4.12 Å². The molecule has 0 heterocycles. The summed E-state index contributed by atoms with van der Waals surface area (Å²) in [5, 5.41) is 0. The number of rotatable bonds is 2. The standard InChI is InChI=1S/C4H2OSi2/c1-3-6-5-7-4-2/h1-2H. The van der Waals surface area contributed by atoms with Gasteiger partial charge in [-0.3, -0.25) is 0 Å². The van der Waals surface area contributed by atoms with E-state index in [1.807, 2.05) is 0 Å². The Balaban J connectivity index is 2.77. The van der Waals surface area contributed by atoms with Crippen LogP contribution in [0, 0.1) is 23.9 Å². The first-order chi connectivity index (χ1) is 3.41. The van der Waals surface area contributed by atoms with Gasteiger partial charge in [-0.15, -0.1) is 23.9 Å². The Morgan fingerprint density at radius 3 is 1.86 bits per heavy atom. The molecule has 0 aliphatic carbocycles. The molecule has 0 aromatic rings. The topological polar surface area (TPSA) is 9.23 Å². The number of hydrogen-bond acceptors (Lipinski definition) is 1. The Labute approximate surface area is 48.3 Å². The highest BCUT2D eigenvalue weighted by molar-refractivity contribution is 6.52. The van der Waals surface area contributed by atoms with Gasteiger partial charge >= 0.3 is 19.5 Å². The average molecular weight is 122 g/mol. The highest BCUT2D eigenvalue weighted by Crippen LogP contribution is 1.58. The molecule has 0 unspecified atom stereocenters. The molecule has 0 fully saturated rings. The third-order valence-electron chi connectivity index (χ3n) is 0.220. The van der Waals surface area contributed by atoms with Gasteiger partial charge in [0, 0.05) is 0 Å². The van der Waals surface area contributed by atoms with E-state index in [-0.39, 0.29) is 19.5 Å². The Morgan fingerprint density at radius 2 is 1.57 bits per heavy atom. The van der Waals surface area contributed by atoms with E-state index in [4.69, 9.17) is 17.0 Å². The second-order valence-electron chi connectivity index (χ2n) is 0.595. The van der Waals surface area contributed by atoms with Gasteiger partial charge in [0.2, 0.25) is 0 Å². The minimum absolute atomic E-state index is 0.119. The van der Waals surface area contributed by atoms with E-state index in [2.05, 4.69) is 11.1 Å². The van der Waals surface area contributed by atoms with E-state index in [0.29, 0.717) is 0 Å². The predicted molar refractivity (Wildman–Crippen MR) is 30.3 cm³/mol. The fraction of sp³-hybridized carbons (Fsp3) is 0. The monoisotopic (exact) mass is 122 g/mol. The summed E-state index contributed by atoms with van der Waals surface area (Å²) in [5.74, 6) is 0. The third kappa shape index (κ3) is 5.51. The van der Waals surface area contributed by atoms with Crippen molar-refractivity contribution < 1.29 is 4.12 Å². The van der Waals surface area contributed by atoms with Crippen molar-refractivity contribution in [3.8, 4) is 23.9 Å². The van der Waals surface area contributed by atoms with Crippen molar-refractivity contribution in [3.05, 3.63) is 0 Å². The maximum atomic E-state index is 4.84. The van der Waals surface area contributed by atoms with E-state index >= 15 is 0 Å². The zero-order valence-electron chi connectivity index (χ0n) is 3.56. The third-order valence-corrected chi connectivity index (χ3v) is 1.27. The molecule has 0 bridgehead atoms. The van der Waals surface area contributed by atoms with Crippen LogP contribution in [0.4, 0.5) is 0 Å². The van der Waals surface area contributed by atoms with Gasteiger partial charge < -0.3 is 4.12 Å². The molecule has 0 aromatic heterocycles. The predicted octanol–water partition coefficient (Wildman–Crippen LogP) is -0.577. The van der Waals surface area contributed by atoms with Gasteiger partial charge in [0.15, 0.2) is 0 Å². The Morgan fingerprint density at radius 1 is 1.14 bits per heavy atom. The lowest BCUT2D eigenvalue weighted by atomic mass is 11.4. The summed E-state index contributed by atoms with van der Waals surface area (Å²) in [5.41, 5.74) is 4.64. The molecule has 0 aliphatic heterocycles. The van der Waals surface area contributed by atoms with Crippen LogP contribution in [0.5, 0.6) is 0 Å². The van der Waals surface area contributed by atoms with E-state index in [9.17, 15) is 0 Å². The van der Waals surface area contributed by atoms with Crippen LogP contribution >= 0.6 is 0 Å². The van der Waals surface area contributed by atoms with Crippen LogP contribution in [0.15, 0.2) is 0 Å². The first-order valence-corrected chi connectivity index (χ1v) is 3.30. The zero-order valence-corrected chi connectivity index (χ0v) is 5.56. The van der Waals surface area contributed by atoms with Crippen LogP contribution in [0.1, 0.15) is 0 Å². The minimum atomic E-state index is 0.119. The molecule has 7 heavy (non-hydrogen) atoms. The number of hydrogen-bond donors (Lipinski definition) is 0. The molecule has 0 amide bonds. The number of terminal acetylenes is 2. The molecular formula is C4H2OSi2. The molecule has 0 N–H and O–H groups in total. The quantitative estimate of drug-likeness (QED) is 0.270. The fourth-order valence-corrected chi connectivity index (χ4v) is 0.760. The van der Waals surface area contributed by atoms with Crippen LogP contribution in [0.25, 0.3) is 0 Å². The van der Waals surface area contributed by atoms with Crippen LogP contribution in [0.2, 0.25) is 0 Å². The van der Waals surface area contributed by atoms with Gasteiger partial charge in [-0.2, -0.15) is 0 Å². The molecule has 32 valence electrons. The van der Waals surface area contributed by atoms with Crippen molar-refractivity contribution in [1.82, 2.24) is 0 Å². The molecule has 1 nitrogen and oxygen atoms in total. The van der Waals surface area contributed by atoms with E-state index in [1.54, 1.807) is 0 Å². The highest BCUT2D eigenvalue weighted by atomic mass is 28.3. The normalized spacial score (nSPS) is 6.57. The molecular weight excluding hydrogens is 120 g/mol. The van der Waals surface area contributed by atoms with Gasteiger partial charge in [-0.05, 0) is 0 Å². The SMILES string of the molecule is C#C[Si]O[Si]C#C. The highest BCUT2D eigenvalue weighted by Gasteiger charge is 1.80. The van der Waals surface area contributed by atoms with Gasteiger partial charge in [-0.25, -0.2) is 0 Å². The second-order valence-corrected chi connectivity index (χ2v) is 2.40. The molecule has 0 spiro atoms. The first-order valence-electron chi connectivity index (χ1n) is 1.49. The summed E-state index contributed by atoms with van der Waals surface area (Å²) in [6, 6.07) is 0. The molecule has 3 heteroatoms. The van der Waals surface area contributed by atoms with Gasteiger partial charge in [0.05, 0.1) is 0 Å². The van der Waals surface area contributed by atoms with Gasteiger partial charge in [0.25, 0.3) is 0 Å². The van der Waals surface area contributed by atoms with E-state index in [0.717, 1.165) is 0 Å². The van der Waals surface area contributed by atoms with Crippen molar-refractivity contribution in [3.63, 3.8) is 0 Å². The van der Waals surface area contributed by atoms with E-state index in [1.165, 1.54) is 0 Å². The Hall–Kier alpha value is -0.486. The lowest BCUT2D eigenvalue weighted by Gasteiger charge is -1.80. The Bertz CT molecular complexity index is 93.8. The molecule has 4 radical (unpaired) electrons. The summed E-state index contributed by atoms with van der Waals surface area (Å²) >= 11 is 0. The molecule has 0 saturated heterocycles. The summed E-state index contributed by atoms with van der Waals surface area (Å²) in [4.78, 5) is 0. The van der Waals surface area contributed by atoms with E-state index < -0.39 is 0 Å². The maximum Gasteiger partial charge on any atom is 0.321 e. The smallest absolute Gasteiger partial charge is 0.321 e. The minimum Gasteiger partial charge on any atom is -0.437 e. The van der Waals surface area contributed by atoms with Crippen LogP contribution in [-0.4, -0.2) is 19.5 Å². The van der Waals surface area contributed by atoms with Crippen molar-refractivity contribution >= 4 is 19.5 Å². The van der Waals surface area contributed by atoms with Crippen molar-refractivity contribution in [2.24, 2.45) is 0 Å². The molecule has 0 aliphatic rings. The second kappa shape index (κ2) is 5.51. The fourth-order valence-electron chi connectivity index (χ4n) is 0.0844. The average Bonchev–Trinajstić information content (AvgIpc) is 1.69. The summed E-state index contributed by atoms with van der Waals surface area (Å²) < 4.78 is 4.72. The maximum absolute atomic E-state index is 4.84. The molecule has 0 atom stereocenters. The molecule has 0 rings (SSSR count). The van der Waals surface area contributed by atoms with Gasteiger partial charge in [-0.1, -0.05) is 0 Å². The summed E-state index contributed by atoms with van der Waals surface area (Å²) in [6.07, 6.45) is 9.68. The van der Waals surface area contributed by atoms with Crippen molar-refractivity contribution in [1.29, 1.82) is 0 Å². The lowest BCUT2D eigenvalue weighted by Crippen LogP contribution is -1.98. The van der Waals surface area contributed by atoms with Crippen LogP contribution in [0.3, 0.4) is 0 Å². The summed E-state index contributed by atoms with van der Waals surface area (Å²) in [7, 11) is 0.239. The van der Waals surface area contributed by atoms with Crippen molar-refractivity contribution in [2.45, 2.75) is 0 Å². The molecule has 0 saturated carbocycles. The molecule has 0 aromatic carbocycles. The van der Waals surface area contributed by atoms with Gasteiger partial charge in [0.1, 0.15) is 0 Å². The largest absolute Gasteiger partial charge is 0.437 e. The van der Waals surface area contributed by atoms with Crippen molar-refractivity contribution in [2.75, 3.05) is 0 Å². The summed E-state index contributed by atoms with van der Waals surface area (Å²) in [6.45, 7) is 0. The van der Waals surface area contributed by atoms with Crippen LogP contribution < -0.4 is 0 Å². The lowest BCUT2D eigenvalue weighted by molar-refractivity contribution is 0.666.